The van der Waals surface area contributed by atoms with Crippen molar-refractivity contribution in [2.45, 2.75) is 19.6 Å². The average Bonchev–Trinajstić information content (AvgIpc) is 2.74. The van der Waals surface area contributed by atoms with Crippen LogP contribution in [0.3, 0.4) is 0 Å². The Morgan fingerprint density at radius 2 is 2.33 bits per heavy atom. The molecule has 0 bridgehead atoms. The number of phenols is 1. The molecule has 2 N–H and O–H groups in total. The number of hydrogen-bond donors (Lipinski definition) is 2. The standard InChI is InChI=1S/C12H17NO2/c1-9(12-13-6-7-15-12)8-10-4-2-3-5-11(10)14/h2-5,9,12-14H,6-8H2,1H3/t9-,12-/m0/s1. The number of phenolic OH excluding ortho intramolecular Hbond substituents is 1. The lowest BCUT2D eigenvalue weighted by Gasteiger charge is -2.19. The van der Waals surface area contributed by atoms with Gasteiger partial charge in [0.05, 0.1) is 6.61 Å². The normalized spacial score (nSPS) is 22.9. The average molecular weight is 207 g/mol. The molecular formula is C12H17NO2. The monoisotopic (exact) mass is 207 g/mol. The Morgan fingerprint density at radius 3 is 3.00 bits per heavy atom. The molecule has 1 aromatic rings. The number of benzene rings is 1. The summed E-state index contributed by atoms with van der Waals surface area (Å²) in [4.78, 5) is 0. The molecule has 1 aliphatic heterocycles. The molecule has 2 rings (SSSR count). The zero-order valence-electron chi connectivity index (χ0n) is 8.94. The Kier molecular flexibility index (Phi) is 3.23. The van der Waals surface area contributed by atoms with Crippen molar-refractivity contribution >= 4 is 0 Å². The zero-order chi connectivity index (χ0) is 10.7. The minimum absolute atomic E-state index is 0.129. The van der Waals surface area contributed by atoms with Gasteiger partial charge in [0.25, 0.3) is 0 Å². The second-order valence-corrected chi connectivity index (χ2v) is 4.06. The van der Waals surface area contributed by atoms with Crippen LogP contribution in [-0.2, 0) is 11.2 Å². The van der Waals surface area contributed by atoms with Gasteiger partial charge in [-0.3, -0.25) is 5.32 Å². The van der Waals surface area contributed by atoms with Crippen LogP contribution >= 0.6 is 0 Å². The van der Waals surface area contributed by atoms with Crippen molar-refractivity contribution in [3.05, 3.63) is 29.8 Å². The lowest BCUT2D eigenvalue weighted by Crippen LogP contribution is -2.31. The molecule has 1 fully saturated rings. The summed E-state index contributed by atoms with van der Waals surface area (Å²) in [5.74, 6) is 0.753. The van der Waals surface area contributed by atoms with Crippen LogP contribution in [-0.4, -0.2) is 24.5 Å². The van der Waals surface area contributed by atoms with Gasteiger partial charge in [-0.25, -0.2) is 0 Å². The third-order valence-corrected chi connectivity index (χ3v) is 2.80. The number of para-hydroxylation sites is 1. The van der Waals surface area contributed by atoms with Gasteiger partial charge in [-0.15, -0.1) is 0 Å². The van der Waals surface area contributed by atoms with Crippen molar-refractivity contribution in [2.24, 2.45) is 5.92 Å². The number of aromatic hydroxyl groups is 1. The van der Waals surface area contributed by atoms with Gasteiger partial charge in [-0.05, 0) is 24.0 Å². The molecule has 0 spiro atoms. The topological polar surface area (TPSA) is 41.5 Å². The molecule has 0 aromatic heterocycles. The third-order valence-electron chi connectivity index (χ3n) is 2.80. The Labute approximate surface area is 90.1 Å². The largest absolute Gasteiger partial charge is 0.508 e. The lowest BCUT2D eigenvalue weighted by molar-refractivity contribution is 0.0584. The third kappa shape index (κ3) is 2.49. The smallest absolute Gasteiger partial charge is 0.118 e. The summed E-state index contributed by atoms with van der Waals surface area (Å²) in [5, 5.41) is 12.9. The van der Waals surface area contributed by atoms with E-state index in [0.29, 0.717) is 11.7 Å². The number of nitrogens with one attached hydrogen (secondary N) is 1. The Morgan fingerprint density at radius 1 is 1.53 bits per heavy atom. The molecule has 0 aliphatic carbocycles. The van der Waals surface area contributed by atoms with Gasteiger partial charge >= 0.3 is 0 Å². The van der Waals surface area contributed by atoms with Crippen molar-refractivity contribution in [3.8, 4) is 5.75 Å². The van der Waals surface area contributed by atoms with Gasteiger partial charge in [-0.1, -0.05) is 25.1 Å². The molecule has 0 amide bonds. The van der Waals surface area contributed by atoms with E-state index in [2.05, 4.69) is 12.2 Å². The molecule has 1 heterocycles. The number of rotatable bonds is 3. The first-order valence-electron chi connectivity index (χ1n) is 5.39. The van der Waals surface area contributed by atoms with Crippen LogP contribution in [0, 0.1) is 5.92 Å². The minimum Gasteiger partial charge on any atom is -0.508 e. The first-order valence-corrected chi connectivity index (χ1v) is 5.39. The fourth-order valence-corrected chi connectivity index (χ4v) is 1.95. The molecule has 82 valence electrons. The molecule has 0 unspecified atom stereocenters. The Hall–Kier alpha value is -1.06. The summed E-state index contributed by atoms with van der Waals surface area (Å²) in [7, 11) is 0. The van der Waals surface area contributed by atoms with Gasteiger partial charge in [0.1, 0.15) is 12.0 Å². The van der Waals surface area contributed by atoms with E-state index in [1.54, 1.807) is 6.07 Å². The first-order chi connectivity index (χ1) is 7.27. The summed E-state index contributed by atoms with van der Waals surface area (Å²) in [5.41, 5.74) is 0.988. The molecule has 3 nitrogen and oxygen atoms in total. The van der Waals surface area contributed by atoms with E-state index in [9.17, 15) is 5.11 Å². The Bertz CT molecular complexity index is 321. The van der Waals surface area contributed by atoms with E-state index in [1.807, 2.05) is 18.2 Å². The number of ether oxygens (including phenoxy) is 1. The van der Waals surface area contributed by atoms with Crippen molar-refractivity contribution in [2.75, 3.05) is 13.2 Å². The van der Waals surface area contributed by atoms with E-state index < -0.39 is 0 Å². The minimum atomic E-state index is 0.129. The Balaban J connectivity index is 1.99. The van der Waals surface area contributed by atoms with Crippen molar-refractivity contribution in [3.63, 3.8) is 0 Å². The number of hydrogen-bond acceptors (Lipinski definition) is 3. The molecule has 15 heavy (non-hydrogen) atoms. The van der Waals surface area contributed by atoms with E-state index in [0.717, 1.165) is 25.1 Å². The highest BCUT2D eigenvalue weighted by atomic mass is 16.5. The van der Waals surface area contributed by atoms with Gasteiger partial charge < -0.3 is 9.84 Å². The molecule has 0 saturated carbocycles. The summed E-state index contributed by atoms with van der Waals surface area (Å²) >= 11 is 0. The first kappa shape index (κ1) is 10.5. The maximum absolute atomic E-state index is 9.64. The summed E-state index contributed by atoms with van der Waals surface area (Å²) in [6.45, 7) is 3.85. The van der Waals surface area contributed by atoms with Gasteiger partial charge in [0, 0.05) is 6.54 Å². The summed E-state index contributed by atoms with van der Waals surface area (Å²) < 4.78 is 5.53. The van der Waals surface area contributed by atoms with Gasteiger partial charge in [-0.2, -0.15) is 0 Å². The summed E-state index contributed by atoms with van der Waals surface area (Å²) in [6.07, 6.45) is 0.967. The van der Waals surface area contributed by atoms with Crippen LogP contribution in [0.4, 0.5) is 0 Å². The van der Waals surface area contributed by atoms with E-state index >= 15 is 0 Å². The van der Waals surface area contributed by atoms with E-state index in [4.69, 9.17) is 4.74 Å². The molecule has 0 radical (unpaired) electrons. The van der Waals surface area contributed by atoms with Gasteiger partial charge in [0.15, 0.2) is 0 Å². The van der Waals surface area contributed by atoms with Crippen molar-refractivity contribution < 1.29 is 9.84 Å². The second kappa shape index (κ2) is 4.64. The van der Waals surface area contributed by atoms with Crippen LogP contribution in [0.15, 0.2) is 24.3 Å². The lowest BCUT2D eigenvalue weighted by atomic mass is 9.99. The van der Waals surface area contributed by atoms with Crippen LogP contribution < -0.4 is 5.32 Å². The van der Waals surface area contributed by atoms with Crippen LogP contribution in [0.1, 0.15) is 12.5 Å². The molecule has 1 aromatic carbocycles. The SMILES string of the molecule is C[C@@H](Cc1ccccc1O)[C@H]1NCCO1. The van der Waals surface area contributed by atoms with Crippen LogP contribution in [0.25, 0.3) is 0 Å². The maximum atomic E-state index is 9.64. The highest BCUT2D eigenvalue weighted by molar-refractivity contribution is 5.32. The van der Waals surface area contributed by atoms with Crippen LogP contribution in [0.5, 0.6) is 5.75 Å². The van der Waals surface area contributed by atoms with Gasteiger partial charge in [0.2, 0.25) is 0 Å². The van der Waals surface area contributed by atoms with Crippen LogP contribution in [0.2, 0.25) is 0 Å². The molecule has 2 atom stereocenters. The molecule has 3 heteroatoms. The van der Waals surface area contributed by atoms with E-state index in [-0.39, 0.29) is 6.23 Å². The molecular weight excluding hydrogens is 190 g/mol. The molecule has 1 saturated heterocycles. The predicted octanol–water partition coefficient (Wildman–Crippen LogP) is 1.52. The molecule has 1 aliphatic rings. The summed E-state index contributed by atoms with van der Waals surface area (Å²) in [6, 6.07) is 7.48. The predicted molar refractivity (Wildman–Crippen MR) is 58.7 cm³/mol. The zero-order valence-corrected chi connectivity index (χ0v) is 8.94. The quantitative estimate of drug-likeness (QED) is 0.789. The van der Waals surface area contributed by atoms with E-state index in [1.165, 1.54) is 0 Å². The highest BCUT2D eigenvalue weighted by Crippen LogP contribution is 2.22. The maximum Gasteiger partial charge on any atom is 0.118 e. The fourth-order valence-electron chi connectivity index (χ4n) is 1.95. The second-order valence-electron chi connectivity index (χ2n) is 4.06. The highest BCUT2D eigenvalue weighted by Gasteiger charge is 2.22. The fraction of sp³-hybridized carbons (Fsp3) is 0.500. The van der Waals surface area contributed by atoms with Crippen molar-refractivity contribution in [1.29, 1.82) is 0 Å². The van der Waals surface area contributed by atoms with Crippen molar-refractivity contribution in [1.82, 2.24) is 5.32 Å².